The molecule has 3 aromatic carbocycles. The van der Waals surface area contributed by atoms with Crippen LogP contribution in [0.1, 0.15) is 21.5 Å². The van der Waals surface area contributed by atoms with Crippen LogP contribution in [0, 0.1) is 0 Å². The van der Waals surface area contributed by atoms with Gasteiger partial charge in [0.15, 0.2) is 0 Å². The topological polar surface area (TPSA) is 56.9 Å². The number of aromatic amines is 1. The Kier molecular flexibility index (Phi) is 5.66. The van der Waals surface area contributed by atoms with Crippen molar-refractivity contribution in [2.24, 2.45) is 0 Å². The molecule has 7 heteroatoms. The zero-order valence-corrected chi connectivity index (χ0v) is 16.5. The lowest BCUT2D eigenvalue weighted by Crippen LogP contribution is -2.26. The van der Waals surface area contributed by atoms with Crippen LogP contribution in [0.15, 0.2) is 79.0 Å². The van der Waals surface area contributed by atoms with Crippen molar-refractivity contribution in [3.8, 4) is 0 Å². The maximum Gasteiger partial charge on any atom is 0.416 e. The Balaban J connectivity index is 1.42. The van der Waals surface area contributed by atoms with Gasteiger partial charge in [0, 0.05) is 29.3 Å². The predicted molar refractivity (Wildman–Crippen MR) is 116 cm³/mol. The minimum Gasteiger partial charge on any atom is -0.361 e. The van der Waals surface area contributed by atoms with Gasteiger partial charge in [0.1, 0.15) is 0 Å². The molecule has 0 aliphatic carbocycles. The third kappa shape index (κ3) is 4.71. The number of nitrogens with one attached hydrogen (secondary N) is 3. The lowest BCUT2D eigenvalue weighted by Gasteiger charge is -2.13. The number of para-hydroxylation sites is 2. The fraction of sp³-hybridized carbons (Fsp3) is 0.125. The Bertz CT molecular complexity index is 1200. The zero-order chi connectivity index (χ0) is 21.8. The smallest absolute Gasteiger partial charge is 0.361 e. The number of benzene rings is 3. The van der Waals surface area contributed by atoms with Crippen LogP contribution in [-0.4, -0.2) is 17.4 Å². The lowest BCUT2D eigenvalue weighted by atomic mass is 10.1. The highest BCUT2D eigenvalue weighted by atomic mass is 19.4. The highest BCUT2D eigenvalue weighted by molar-refractivity contribution is 6.00. The van der Waals surface area contributed by atoms with Crippen LogP contribution in [0.25, 0.3) is 10.9 Å². The van der Waals surface area contributed by atoms with Crippen molar-refractivity contribution in [1.82, 2.24) is 10.3 Å². The number of carbonyl (C=O) groups is 1. The molecule has 0 aliphatic heterocycles. The molecular formula is C24H20F3N3O. The molecule has 1 heterocycles. The molecule has 0 fully saturated rings. The van der Waals surface area contributed by atoms with E-state index in [9.17, 15) is 18.0 Å². The number of hydrogen-bond donors (Lipinski definition) is 3. The average molecular weight is 423 g/mol. The first-order valence-corrected chi connectivity index (χ1v) is 9.78. The van der Waals surface area contributed by atoms with E-state index < -0.39 is 11.7 Å². The summed E-state index contributed by atoms with van der Waals surface area (Å²) in [6.45, 7) is 0.454. The molecule has 158 valence electrons. The van der Waals surface area contributed by atoms with Gasteiger partial charge in [0.2, 0.25) is 0 Å². The first-order valence-electron chi connectivity index (χ1n) is 9.78. The Hall–Kier alpha value is -3.74. The van der Waals surface area contributed by atoms with Crippen molar-refractivity contribution < 1.29 is 18.0 Å². The molecule has 0 atom stereocenters. The molecule has 4 aromatic rings. The first-order chi connectivity index (χ1) is 14.9. The number of amides is 1. The normalized spacial score (nSPS) is 11.5. The van der Waals surface area contributed by atoms with Gasteiger partial charge >= 0.3 is 6.18 Å². The van der Waals surface area contributed by atoms with Gasteiger partial charge in [0.05, 0.1) is 16.8 Å². The van der Waals surface area contributed by atoms with E-state index in [2.05, 4.69) is 15.6 Å². The van der Waals surface area contributed by atoms with Crippen molar-refractivity contribution >= 4 is 28.2 Å². The second-order valence-electron chi connectivity index (χ2n) is 7.11. The molecule has 1 aromatic heterocycles. The summed E-state index contributed by atoms with van der Waals surface area (Å²) in [6.07, 6.45) is -1.78. The number of carbonyl (C=O) groups excluding carboxylic acids is 1. The molecular weight excluding hydrogens is 403 g/mol. The molecule has 0 saturated carbocycles. The molecule has 4 rings (SSSR count). The first kappa shape index (κ1) is 20.5. The van der Waals surface area contributed by atoms with Gasteiger partial charge in [-0.05, 0) is 54.4 Å². The summed E-state index contributed by atoms with van der Waals surface area (Å²) in [6, 6.07) is 19.6. The zero-order valence-electron chi connectivity index (χ0n) is 16.5. The van der Waals surface area contributed by atoms with Crippen LogP contribution in [-0.2, 0) is 12.6 Å². The SMILES string of the molecule is O=C(NCCc1c[nH]c2ccccc12)c1ccccc1Nc1ccc(C(F)(F)F)cc1. The molecule has 0 aliphatic rings. The number of halogens is 3. The van der Waals surface area contributed by atoms with Gasteiger partial charge in [-0.1, -0.05) is 30.3 Å². The number of anilines is 2. The molecule has 0 bridgehead atoms. The van der Waals surface area contributed by atoms with E-state index in [-0.39, 0.29) is 5.91 Å². The number of aromatic nitrogens is 1. The van der Waals surface area contributed by atoms with Crippen molar-refractivity contribution in [3.63, 3.8) is 0 Å². The summed E-state index contributed by atoms with van der Waals surface area (Å²) in [5, 5.41) is 7.07. The average Bonchev–Trinajstić information content (AvgIpc) is 3.17. The van der Waals surface area contributed by atoms with Gasteiger partial charge in [-0.15, -0.1) is 0 Å². The lowest BCUT2D eigenvalue weighted by molar-refractivity contribution is -0.137. The van der Waals surface area contributed by atoms with Crippen molar-refractivity contribution in [3.05, 3.63) is 95.7 Å². The molecule has 0 unspecified atom stereocenters. The molecule has 0 saturated heterocycles. The van der Waals surface area contributed by atoms with Gasteiger partial charge in [-0.2, -0.15) is 13.2 Å². The number of hydrogen-bond acceptors (Lipinski definition) is 2. The number of rotatable bonds is 6. The van der Waals surface area contributed by atoms with Crippen molar-refractivity contribution in [1.29, 1.82) is 0 Å². The van der Waals surface area contributed by atoms with Crippen LogP contribution in [0.5, 0.6) is 0 Å². The van der Waals surface area contributed by atoms with Gasteiger partial charge < -0.3 is 15.6 Å². The second kappa shape index (κ2) is 8.55. The van der Waals surface area contributed by atoms with Crippen LogP contribution in [0.2, 0.25) is 0 Å². The van der Waals surface area contributed by atoms with E-state index in [0.717, 1.165) is 28.6 Å². The maximum absolute atomic E-state index is 12.7. The van der Waals surface area contributed by atoms with Crippen molar-refractivity contribution in [2.75, 3.05) is 11.9 Å². The number of alkyl halides is 3. The van der Waals surface area contributed by atoms with E-state index in [1.165, 1.54) is 12.1 Å². The summed E-state index contributed by atoms with van der Waals surface area (Å²) in [5.41, 5.74) is 2.85. The predicted octanol–water partition coefficient (Wildman–Crippen LogP) is 5.90. The summed E-state index contributed by atoms with van der Waals surface area (Å²) in [4.78, 5) is 15.9. The standard InChI is InChI=1S/C24H20F3N3O/c25-24(26,27)17-9-11-18(12-10-17)30-22-8-4-2-6-20(22)23(31)28-14-13-16-15-29-21-7-3-1-5-19(16)21/h1-12,15,29-30H,13-14H2,(H,28,31). The molecule has 31 heavy (non-hydrogen) atoms. The Morgan fingerprint density at radius 2 is 1.61 bits per heavy atom. The van der Waals surface area contributed by atoms with E-state index in [4.69, 9.17) is 0 Å². The number of fused-ring (bicyclic) bond motifs is 1. The highest BCUT2D eigenvalue weighted by Crippen LogP contribution is 2.30. The van der Waals surface area contributed by atoms with E-state index in [0.29, 0.717) is 29.9 Å². The minimum atomic E-state index is -4.39. The van der Waals surface area contributed by atoms with E-state index in [1.54, 1.807) is 24.3 Å². The second-order valence-corrected chi connectivity index (χ2v) is 7.11. The quantitative estimate of drug-likeness (QED) is 0.362. The van der Waals surface area contributed by atoms with Crippen molar-refractivity contribution in [2.45, 2.75) is 12.6 Å². The molecule has 1 amide bonds. The van der Waals surface area contributed by atoms with Crippen LogP contribution < -0.4 is 10.6 Å². The molecule has 4 nitrogen and oxygen atoms in total. The summed E-state index contributed by atoms with van der Waals surface area (Å²) >= 11 is 0. The van der Waals surface area contributed by atoms with Gasteiger partial charge in [0.25, 0.3) is 5.91 Å². The van der Waals surface area contributed by atoms with Gasteiger partial charge in [-0.3, -0.25) is 4.79 Å². The number of H-pyrrole nitrogens is 1. The summed E-state index contributed by atoms with van der Waals surface area (Å²) in [7, 11) is 0. The minimum absolute atomic E-state index is 0.255. The third-order valence-electron chi connectivity index (χ3n) is 5.02. The summed E-state index contributed by atoms with van der Waals surface area (Å²) < 4.78 is 38.2. The van der Waals surface area contributed by atoms with Crippen LogP contribution in [0.4, 0.5) is 24.5 Å². The maximum atomic E-state index is 12.7. The fourth-order valence-corrected chi connectivity index (χ4v) is 3.43. The van der Waals surface area contributed by atoms with Gasteiger partial charge in [-0.25, -0.2) is 0 Å². The highest BCUT2D eigenvalue weighted by Gasteiger charge is 2.29. The van der Waals surface area contributed by atoms with Crippen LogP contribution in [0.3, 0.4) is 0 Å². The third-order valence-corrected chi connectivity index (χ3v) is 5.02. The fourth-order valence-electron chi connectivity index (χ4n) is 3.43. The molecule has 0 spiro atoms. The van der Waals surface area contributed by atoms with Crippen LogP contribution >= 0.6 is 0 Å². The van der Waals surface area contributed by atoms with E-state index in [1.807, 2.05) is 30.5 Å². The largest absolute Gasteiger partial charge is 0.416 e. The molecule has 3 N–H and O–H groups in total. The molecule has 0 radical (unpaired) electrons. The summed E-state index contributed by atoms with van der Waals surface area (Å²) in [5.74, 6) is -0.255. The Labute approximate surface area is 177 Å². The Morgan fingerprint density at radius 1 is 0.903 bits per heavy atom. The van der Waals surface area contributed by atoms with E-state index >= 15 is 0 Å². The Morgan fingerprint density at radius 3 is 2.39 bits per heavy atom. The monoisotopic (exact) mass is 423 g/mol.